The van der Waals surface area contributed by atoms with Gasteiger partial charge in [-0.1, -0.05) is 6.07 Å². The molecule has 0 unspecified atom stereocenters. The Morgan fingerprint density at radius 3 is 2.17 bits per heavy atom. The van der Waals surface area contributed by atoms with Crippen molar-refractivity contribution < 1.29 is 29.9 Å². The largest absolute Gasteiger partial charge is 0.507 e. The van der Waals surface area contributed by atoms with Gasteiger partial charge in [-0.3, -0.25) is 4.79 Å². The summed E-state index contributed by atoms with van der Waals surface area (Å²) in [5, 5.41) is 49.6. The Hall–Kier alpha value is -3.35. The maximum absolute atomic E-state index is 12.5. The van der Waals surface area contributed by atoms with Gasteiger partial charge in [-0.05, 0) is 12.1 Å². The molecule has 0 aliphatic heterocycles. The van der Waals surface area contributed by atoms with Crippen LogP contribution in [0.1, 0.15) is 11.1 Å². The molecule has 1 aliphatic rings. The number of phenols is 5. The van der Waals surface area contributed by atoms with E-state index in [9.17, 15) is 30.3 Å². The summed E-state index contributed by atoms with van der Waals surface area (Å²) in [6.45, 7) is 0. The van der Waals surface area contributed by atoms with E-state index in [0.29, 0.717) is 0 Å². The molecular formula is C16H10O7. The number of rotatable bonds is 1. The van der Waals surface area contributed by atoms with Crippen molar-refractivity contribution in [2.75, 3.05) is 0 Å². The van der Waals surface area contributed by atoms with Crippen molar-refractivity contribution in [3.63, 3.8) is 0 Å². The molecule has 2 bridgehead atoms. The van der Waals surface area contributed by atoms with Gasteiger partial charge >= 0.3 is 0 Å². The van der Waals surface area contributed by atoms with E-state index in [2.05, 4.69) is 0 Å². The molecule has 7 nitrogen and oxygen atoms in total. The summed E-state index contributed by atoms with van der Waals surface area (Å²) in [5.74, 6) is -2.88. The summed E-state index contributed by atoms with van der Waals surface area (Å²) in [6.07, 6.45) is -0.0516. The molecule has 1 heterocycles. The highest BCUT2D eigenvalue weighted by Gasteiger charge is 2.33. The van der Waals surface area contributed by atoms with Crippen LogP contribution in [0, 0.1) is 0 Å². The molecule has 3 aromatic rings. The fraction of sp³-hybridized carbons (Fsp3) is 0.0625. The zero-order valence-corrected chi connectivity index (χ0v) is 11.5. The van der Waals surface area contributed by atoms with Crippen molar-refractivity contribution in [2.24, 2.45) is 0 Å². The molecule has 7 heteroatoms. The van der Waals surface area contributed by atoms with Gasteiger partial charge in [0.05, 0.1) is 5.39 Å². The van der Waals surface area contributed by atoms with Crippen LogP contribution in [0.4, 0.5) is 0 Å². The Labute approximate surface area is 127 Å². The van der Waals surface area contributed by atoms with Gasteiger partial charge in [-0.2, -0.15) is 0 Å². The molecule has 0 saturated carbocycles. The molecule has 4 rings (SSSR count). The Morgan fingerprint density at radius 1 is 0.870 bits per heavy atom. The van der Waals surface area contributed by atoms with Crippen LogP contribution in [0.2, 0.25) is 0 Å². The molecular weight excluding hydrogens is 304 g/mol. The van der Waals surface area contributed by atoms with E-state index in [-0.39, 0.29) is 51.3 Å². The van der Waals surface area contributed by atoms with Crippen LogP contribution < -0.4 is 5.43 Å². The van der Waals surface area contributed by atoms with Crippen LogP contribution in [0.3, 0.4) is 0 Å². The third-order valence-corrected chi connectivity index (χ3v) is 4.06. The van der Waals surface area contributed by atoms with E-state index in [4.69, 9.17) is 4.42 Å². The quantitative estimate of drug-likeness (QED) is 0.339. The van der Waals surface area contributed by atoms with Gasteiger partial charge in [0.15, 0.2) is 16.8 Å². The summed E-state index contributed by atoms with van der Waals surface area (Å²) < 4.78 is 5.50. The van der Waals surface area contributed by atoms with Crippen molar-refractivity contribution in [1.82, 2.24) is 0 Å². The van der Waals surface area contributed by atoms with Gasteiger partial charge < -0.3 is 29.9 Å². The summed E-state index contributed by atoms with van der Waals surface area (Å²) in [5.41, 5.74) is -0.643. The normalized spacial score (nSPS) is 12.3. The van der Waals surface area contributed by atoms with E-state index in [1.807, 2.05) is 0 Å². The number of fused-ring (bicyclic) bond motifs is 1. The van der Waals surface area contributed by atoms with Crippen molar-refractivity contribution in [1.29, 1.82) is 0 Å². The van der Waals surface area contributed by atoms with Crippen LogP contribution >= 0.6 is 0 Å². The topological polar surface area (TPSA) is 131 Å². The average Bonchev–Trinajstić information content (AvgIpc) is 2.76. The van der Waals surface area contributed by atoms with Crippen LogP contribution in [0.5, 0.6) is 28.7 Å². The first-order valence-electron chi connectivity index (χ1n) is 6.68. The predicted octanol–water partition coefficient (Wildman–Crippen LogP) is 1.89. The fourth-order valence-electron chi connectivity index (χ4n) is 2.97. The first-order chi connectivity index (χ1) is 10.9. The molecule has 0 fully saturated rings. The minimum absolute atomic E-state index is 0.0218. The molecule has 23 heavy (non-hydrogen) atoms. The van der Waals surface area contributed by atoms with Crippen LogP contribution in [0.25, 0.3) is 22.3 Å². The number of hydrogen-bond donors (Lipinski definition) is 5. The van der Waals surface area contributed by atoms with Crippen molar-refractivity contribution >= 4 is 11.0 Å². The average molecular weight is 314 g/mol. The van der Waals surface area contributed by atoms with Gasteiger partial charge in [-0.15, -0.1) is 0 Å². The standard InChI is InChI=1S/C16H10O7/c17-7-2-1-3-8(18)10(7)15-6-4-5-9(11(6)19)16(23-15)14(22)13(21)12(5)20/h1-3,17-18,20-22H,4H2. The third-order valence-electron chi connectivity index (χ3n) is 4.06. The Bertz CT molecular complexity index is 1040. The molecule has 0 spiro atoms. The summed E-state index contributed by atoms with van der Waals surface area (Å²) in [7, 11) is 0. The maximum Gasteiger partial charge on any atom is 0.205 e. The van der Waals surface area contributed by atoms with Crippen LogP contribution in [-0.4, -0.2) is 25.5 Å². The van der Waals surface area contributed by atoms with E-state index >= 15 is 0 Å². The zero-order chi connectivity index (χ0) is 16.5. The second-order valence-electron chi connectivity index (χ2n) is 5.32. The van der Waals surface area contributed by atoms with Crippen molar-refractivity contribution in [3.05, 3.63) is 39.5 Å². The fourth-order valence-corrected chi connectivity index (χ4v) is 2.97. The third kappa shape index (κ3) is 1.50. The number of phenolic OH excluding ortho intramolecular Hbond substituents is 5. The minimum Gasteiger partial charge on any atom is -0.507 e. The second-order valence-corrected chi connectivity index (χ2v) is 5.32. The molecule has 1 aromatic heterocycles. The summed E-state index contributed by atoms with van der Waals surface area (Å²) in [6, 6.07) is 4.04. The highest BCUT2D eigenvalue weighted by Crippen LogP contribution is 2.50. The Kier molecular flexibility index (Phi) is 2.37. The second kappa shape index (κ2) is 4.10. The lowest BCUT2D eigenvalue weighted by Crippen LogP contribution is -2.04. The minimum atomic E-state index is -0.782. The SMILES string of the molecule is O=c1c2c(-c3c(O)cccc3O)oc3c(O)c(O)c(O)c(c13)C2. The van der Waals surface area contributed by atoms with Crippen LogP contribution in [-0.2, 0) is 6.42 Å². The van der Waals surface area contributed by atoms with Crippen LogP contribution in [0.15, 0.2) is 27.4 Å². The number of benzene rings is 2. The van der Waals surface area contributed by atoms with E-state index in [1.165, 1.54) is 18.2 Å². The van der Waals surface area contributed by atoms with Gasteiger partial charge in [0, 0.05) is 17.5 Å². The molecule has 5 N–H and O–H groups in total. The lowest BCUT2D eigenvalue weighted by molar-refractivity contribution is 0.365. The first-order valence-corrected chi connectivity index (χ1v) is 6.68. The smallest absolute Gasteiger partial charge is 0.205 e. The van der Waals surface area contributed by atoms with Crippen molar-refractivity contribution in [2.45, 2.75) is 6.42 Å². The molecule has 0 radical (unpaired) electrons. The molecule has 116 valence electrons. The number of hydrogen-bond acceptors (Lipinski definition) is 7. The predicted molar refractivity (Wildman–Crippen MR) is 79.0 cm³/mol. The lowest BCUT2D eigenvalue weighted by atomic mass is 10.0. The van der Waals surface area contributed by atoms with Crippen molar-refractivity contribution in [3.8, 4) is 40.1 Å². The lowest BCUT2D eigenvalue weighted by Gasteiger charge is -2.09. The summed E-state index contributed by atoms with van der Waals surface area (Å²) in [4.78, 5) is 12.5. The highest BCUT2D eigenvalue weighted by atomic mass is 16.4. The number of aromatic hydroxyl groups is 5. The van der Waals surface area contributed by atoms with E-state index < -0.39 is 22.7 Å². The molecule has 0 amide bonds. The Morgan fingerprint density at radius 2 is 1.52 bits per heavy atom. The maximum atomic E-state index is 12.5. The molecule has 2 aromatic carbocycles. The first kappa shape index (κ1) is 13.3. The zero-order valence-electron chi connectivity index (χ0n) is 11.5. The molecule has 0 saturated heterocycles. The van der Waals surface area contributed by atoms with Gasteiger partial charge in [0.25, 0.3) is 0 Å². The van der Waals surface area contributed by atoms with E-state index in [0.717, 1.165) is 0 Å². The van der Waals surface area contributed by atoms with E-state index in [1.54, 1.807) is 0 Å². The van der Waals surface area contributed by atoms with Gasteiger partial charge in [0.1, 0.15) is 22.8 Å². The molecule has 1 aliphatic carbocycles. The Balaban J connectivity index is 2.19. The van der Waals surface area contributed by atoms with Gasteiger partial charge in [0.2, 0.25) is 11.5 Å². The summed E-state index contributed by atoms with van der Waals surface area (Å²) >= 11 is 0. The monoisotopic (exact) mass is 314 g/mol. The highest BCUT2D eigenvalue weighted by molar-refractivity contribution is 5.96. The van der Waals surface area contributed by atoms with Gasteiger partial charge in [-0.25, -0.2) is 0 Å². The molecule has 0 atom stereocenters.